The Kier molecular flexibility index (Phi) is 10.1. The Morgan fingerprint density at radius 3 is 2.60 bits per heavy atom. The fourth-order valence-corrected chi connectivity index (χ4v) is 7.43. The number of carbonyl (C=O) groups excluding carboxylic acids is 1. The molecule has 1 unspecified atom stereocenters. The summed E-state index contributed by atoms with van der Waals surface area (Å²) >= 11 is 0. The van der Waals surface area contributed by atoms with Crippen LogP contribution in [0.25, 0.3) is 33.2 Å². The van der Waals surface area contributed by atoms with Crippen LogP contribution in [0.15, 0.2) is 82.2 Å². The molecular weight excluding hydrogens is 680 g/mol. The van der Waals surface area contributed by atoms with Crippen molar-refractivity contribution in [3.05, 3.63) is 112 Å². The van der Waals surface area contributed by atoms with Gasteiger partial charge >= 0.3 is 6.09 Å². The maximum absolute atomic E-state index is 13.7. The number of hydrogen-bond acceptors (Lipinski definition) is 8. The van der Waals surface area contributed by atoms with Crippen molar-refractivity contribution < 1.29 is 23.2 Å². The largest absolute Gasteiger partial charge is 0.436 e. The zero-order chi connectivity index (χ0) is 36.4. The van der Waals surface area contributed by atoms with Gasteiger partial charge in [0.05, 0.1) is 5.52 Å². The molecular formula is C39H43FN6O5Si. The molecule has 1 saturated heterocycles. The number of carbonyl (C=O) groups is 1. The van der Waals surface area contributed by atoms with Crippen LogP contribution >= 0.6 is 0 Å². The highest BCUT2D eigenvalue weighted by Gasteiger charge is 2.31. The average Bonchev–Trinajstić information content (AvgIpc) is 3.78. The average molecular weight is 723 g/mol. The minimum atomic E-state index is -1.20. The van der Waals surface area contributed by atoms with Gasteiger partial charge in [0.2, 0.25) is 5.82 Å². The molecule has 52 heavy (non-hydrogen) atoms. The van der Waals surface area contributed by atoms with Gasteiger partial charge < -0.3 is 23.9 Å². The zero-order valence-corrected chi connectivity index (χ0v) is 30.9. The third-order valence-corrected chi connectivity index (χ3v) is 11.3. The van der Waals surface area contributed by atoms with E-state index in [9.17, 15) is 14.0 Å². The molecule has 1 aliphatic heterocycles. The molecule has 0 aliphatic carbocycles. The Morgan fingerprint density at radius 1 is 1.06 bits per heavy atom. The number of H-pyrrole nitrogens is 1. The number of piperidine rings is 1. The minimum Gasteiger partial charge on any atom is -0.436 e. The molecule has 7 rings (SSSR count). The van der Waals surface area contributed by atoms with Crippen LogP contribution in [0, 0.1) is 12.7 Å². The Labute approximate surface area is 301 Å². The third-order valence-electron chi connectivity index (χ3n) is 9.59. The molecule has 0 saturated carbocycles. The Bertz CT molecular complexity index is 2250. The van der Waals surface area contributed by atoms with E-state index in [1.165, 1.54) is 12.1 Å². The number of aryl methyl sites for hydroxylation is 1. The van der Waals surface area contributed by atoms with E-state index in [1.54, 1.807) is 17.0 Å². The molecule has 0 bridgehead atoms. The summed E-state index contributed by atoms with van der Waals surface area (Å²) in [7, 11) is -1.20. The van der Waals surface area contributed by atoms with Crippen molar-refractivity contribution in [2.45, 2.75) is 70.6 Å². The van der Waals surface area contributed by atoms with E-state index < -0.39 is 20.3 Å². The Morgan fingerprint density at radius 2 is 1.83 bits per heavy atom. The Balaban J connectivity index is 1.08. The predicted molar refractivity (Wildman–Crippen MR) is 199 cm³/mol. The minimum absolute atomic E-state index is 0.0174. The molecule has 13 heteroatoms. The van der Waals surface area contributed by atoms with Crippen LogP contribution in [0.1, 0.15) is 47.4 Å². The quantitative estimate of drug-likeness (QED) is 0.105. The molecule has 1 N–H and O–H groups in total. The summed E-state index contributed by atoms with van der Waals surface area (Å²) < 4.78 is 33.2. The first kappa shape index (κ1) is 35.3. The van der Waals surface area contributed by atoms with Crippen molar-refractivity contribution in [1.82, 2.24) is 29.8 Å². The van der Waals surface area contributed by atoms with Crippen molar-refractivity contribution in [2.24, 2.45) is 0 Å². The number of fused-ring (bicyclic) bond motifs is 2. The van der Waals surface area contributed by atoms with Crippen LogP contribution in [-0.2, 0) is 22.6 Å². The number of halogens is 1. The van der Waals surface area contributed by atoms with E-state index in [4.69, 9.17) is 19.1 Å². The molecule has 11 nitrogen and oxygen atoms in total. The standard InChI is InChI=1S/C39H43FN6O5Si/c1-25-19-26(20-30-23-46(43-35(25)30)24-49-17-18-52(2,3)4)21-34(38-42-36(44-51-38)28-9-11-31(40)12-10-28)50-39(48)45-15-13-27(14-16-45)32-22-29-7-5-6-8-33(29)41-37(32)47/h5-12,19-20,22-23,27,34H,13-18,21,24H2,1-4H3,(H,41,47). The number of aromatic nitrogens is 5. The van der Waals surface area contributed by atoms with Gasteiger partial charge in [0, 0.05) is 62.4 Å². The van der Waals surface area contributed by atoms with Gasteiger partial charge in [-0.25, -0.2) is 13.9 Å². The second-order valence-electron chi connectivity index (χ2n) is 14.8. The van der Waals surface area contributed by atoms with Gasteiger partial charge in [-0.1, -0.05) is 49.1 Å². The number of likely N-dealkylation sites (tertiary alicyclic amines) is 1. The van der Waals surface area contributed by atoms with Crippen molar-refractivity contribution in [3.8, 4) is 11.4 Å². The molecule has 6 aromatic rings. The molecule has 0 radical (unpaired) electrons. The third kappa shape index (κ3) is 8.16. The summed E-state index contributed by atoms with van der Waals surface area (Å²) in [5.41, 5.74) is 4.76. The highest BCUT2D eigenvalue weighted by molar-refractivity contribution is 6.76. The predicted octanol–water partition coefficient (Wildman–Crippen LogP) is 7.99. The number of nitrogens with one attached hydrogen (secondary N) is 1. The van der Waals surface area contributed by atoms with Gasteiger partial charge in [-0.15, -0.1) is 0 Å². The monoisotopic (exact) mass is 722 g/mol. The lowest BCUT2D eigenvalue weighted by Gasteiger charge is -2.32. The van der Waals surface area contributed by atoms with Crippen LogP contribution in [0.3, 0.4) is 0 Å². The SMILES string of the molecule is Cc1cc(CC(OC(=O)N2CCC(c3cc4ccccc4[nH]c3=O)CC2)c2nc(-c3ccc(F)cc3)no2)cc2cn(COCC[Si](C)(C)C)nc12. The van der Waals surface area contributed by atoms with Gasteiger partial charge in [0.1, 0.15) is 12.5 Å². The molecule has 270 valence electrons. The highest BCUT2D eigenvalue weighted by Crippen LogP contribution is 2.31. The molecule has 1 fully saturated rings. The van der Waals surface area contributed by atoms with Crippen LogP contribution in [0.4, 0.5) is 9.18 Å². The van der Waals surface area contributed by atoms with Gasteiger partial charge in [-0.05, 0) is 90.7 Å². The molecule has 4 heterocycles. The summed E-state index contributed by atoms with van der Waals surface area (Å²) in [5, 5.41) is 10.8. The van der Waals surface area contributed by atoms with Crippen LogP contribution in [0.2, 0.25) is 25.7 Å². The number of ether oxygens (including phenoxy) is 2. The van der Waals surface area contributed by atoms with E-state index in [0.29, 0.717) is 44.8 Å². The van der Waals surface area contributed by atoms with E-state index in [1.807, 2.05) is 60.3 Å². The topological polar surface area (TPSA) is 128 Å². The number of para-hydroxylation sites is 1. The molecule has 3 aromatic heterocycles. The van der Waals surface area contributed by atoms with Crippen LogP contribution in [0.5, 0.6) is 0 Å². The summed E-state index contributed by atoms with van der Waals surface area (Å²) in [5.74, 6) is 0.0401. The van der Waals surface area contributed by atoms with Crippen molar-refractivity contribution in [3.63, 3.8) is 0 Å². The number of rotatable bonds is 11. The molecule has 0 spiro atoms. The van der Waals surface area contributed by atoms with Crippen LogP contribution < -0.4 is 5.56 Å². The van der Waals surface area contributed by atoms with E-state index in [2.05, 4.69) is 34.8 Å². The van der Waals surface area contributed by atoms with Crippen molar-refractivity contribution in [1.29, 1.82) is 0 Å². The van der Waals surface area contributed by atoms with Crippen molar-refractivity contribution in [2.75, 3.05) is 19.7 Å². The highest BCUT2D eigenvalue weighted by atomic mass is 28.3. The van der Waals surface area contributed by atoms with Gasteiger partial charge in [-0.2, -0.15) is 10.1 Å². The second-order valence-corrected chi connectivity index (χ2v) is 20.4. The molecule has 3 aromatic carbocycles. The van der Waals surface area contributed by atoms with E-state index in [-0.39, 0.29) is 35.4 Å². The number of aromatic amines is 1. The van der Waals surface area contributed by atoms with Crippen molar-refractivity contribution >= 4 is 36.0 Å². The lowest BCUT2D eigenvalue weighted by atomic mass is 9.89. The maximum atomic E-state index is 13.7. The number of pyridine rings is 1. The van der Waals surface area contributed by atoms with E-state index in [0.717, 1.165) is 44.5 Å². The smallest absolute Gasteiger partial charge is 0.410 e. The maximum Gasteiger partial charge on any atom is 0.410 e. The Hall–Kier alpha value is -5.14. The number of nitrogens with zero attached hydrogens (tertiary/aromatic N) is 5. The molecule has 1 amide bonds. The first-order valence-corrected chi connectivity index (χ1v) is 21.4. The number of benzene rings is 3. The molecule has 1 atom stereocenters. The number of hydrogen-bond donors (Lipinski definition) is 1. The lowest BCUT2D eigenvalue weighted by molar-refractivity contribution is 0.0416. The first-order valence-electron chi connectivity index (χ1n) is 17.7. The summed E-state index contributed by atoms with van der Waals surface area (Å²) in [6, 6.07) is 20.6. The van der Waals surface area contributed by atoms with Crippen LogP contribution in [-0.4, -0.2) is 63.7 Å². The summed E-state index contributed by atoms with van der Waals surface area (Å²) in [6.45, 7) is 10.9. The fraction of sp³-hybridized carbons (Fsp3) is 0.359. The lowest BCUT2D eigenvalue weighted by Crippen LogP contribution is -2.39. The summed E-state index contributed by atoms with van der Waals surface area (Å²) in [6.07, 6.45) is 2.08. The second kappa shape index (κ2) is 14.8. The van der Waals surface area contributed by atoms with Gasteiger partial charge in [-0.3, -0.25) is 4.79 Å². The fourth-order valence-electron chi connectivity index (χ4n) is 6.67. The van der Waals surface area contributed by atoms with E-state index >= 15 is 0 Å². The normalized spacial score (nSPS) is 14.7. The first-order chi connectivity index (χ1) is 25.0. The van der Waals surface area contributed by atoms with Gasteiger partial charge in [0.25, 0.3) is 11.4 Å². The van der Waals surface area contributed by atoms with Gasteiger partial charge in [0.15, 0.2) is 6.10 Å². The summed E-state index contributed by atoms with van der Waals surface area (Å²) in [4.78, 5) is 35.9. The number of amides is 1. The zero-order valence-electron chi connectivity index (χ0n) is 29.9. The molecule has 1 aliphatic rings.